The van der Waals surface area contributed by atoms with E-state index in [-0.39, 0.29) is 19.1 Å². The Morgan fingerprint density at radius 1 is 0.611 bits per heavy atom. The molecule has 0 spiro atoms. The molecule has 0 saturated heterocycles. The van der Waals surface area contributed by atoms with Crippen molar-refractivity contribution < 1.29 is 32.9 Å². The molecule has 3 unspecified atom stereocenters. The molecule has 318 valence electrons. The van der Waals surface area contributed by atoms with E-state index in [0.717, 1.165) is 51.4 Å². The number of carbonyl (C=O) groups is 1. The zero-order chi connectivity index (χ0) is 40.0. The van der Waals surface area contributed by atoms with Crippen LogP contribution in [0, 0.1) is 0 Å². The van der Waals surface area contributed by atoms with E-state index < -0.39 is 20.0 Å². The number of nitrogens with one attached hydrogen (secondary N) is 1. The largest absolute Gasteiger partial charge is 0.472 e. The van der Waals surface area contributed by atoms with Crippen molar-refractivity contribution in [2.24, 2.45) is 0 Å². The lowest BCUT2D eigenvalue weighted by molar-refractivity contribution is -0.870. The summed E-state index contributed by atoms with van der Waals surface area (Å²) in [5, 5.41) is 13.8. The van der Waals surface area contributed by atoms with Gasteiger partial charge in [-0.3, -0.25) is 13.8 Å². The predicted octanol–water partition coefficient (Wildman–Crippen LogP) is 12.3. The third-order valence-corrected chi connectivity index (χ3v) is 10.8. The van der Waals surface area contributed by atoms with E-state index in [2.05, 4.69) is 43.5 Å². The van der Waals surface area contributed by atoms with E-state index >= 15 is 0 Å². The van der Waals surface area contributed by atoms with E-state index in [0.29, 0.717) is 17.4 Å². The monoisotopic (exact) mass is 784 g/mol. The number of allylic oxidation sites excluding steroid dienone is 5. The van der Waals surface area contributed by atoms with Crippen LogP contribution in [0.25, 0.3) is 0 Å². The minimum Gasteiger partial charge on any atom is -0.387 e. The number of hydrogen-bond donors (Lipinski definition) is 3. The molecule has 0 aromatic rings. The first-order valence-corrected chi connectivity index (χ1v) is 23.9. The second-order valence-corrected chi connectivity index (χ2v) is 17.9. The highest BCUT2D eigenvalue weighted by molar-refractivity contribution is 7.47. The first-order chi connectivity index (χ1) is 26.0. The zero-order valence-electron chi connectivity index (χ0n) is 36.0. The van der Waals surface area contributed by atoms with Gasteiger partial charge in [-0.15, -0.1) is 0 Å². The smallest absolute Gasteiger partial charge is 0.387 e. The first kappa shape index (κ1) is 52.7. The summed E-state index contributed by atoms with van der Waals surface area (Å²) < 4.78 is 23.5. The number of phosphoric acid groups is 1. The highest BCUT2D eigenvalue weighted by Crippen LogP contribution is 2.43. The molecule has 0 fully saturated rings. The summed E-state index contributed by atoms with van der Waals surface area (Å²) in [7, 11) is 1.55. The molecule has 0 rings (SSSR count). The molecule has 0 aliphatic rings. The Morgan fingerprint density at radius 2 is 1.02 bits per heavy atom. The number of aliphatic hydroxyl groups is 1. The van der Waals surface area contributed by atoms with Crippen molar-refractivity contribution >= 4 is 13.7 Å². The topological polar surface area (TPSA) is 105 Å². The quantitative estimate of drug-likeness (QED) is 0.0247. The van der Waals surface area contributed by atoms with Crippen LogP contribution in [-0.4, -0.2) is 73.4 Å². The van der Waals surface area contributed by atoms with Gasteiger partial charge in [-0.1, -0.05) is 166 Å². The predicted molar refractivity (Wildman–Crippen MR) is 231 cm³/mol. The summed E-state index contributed by atoms with van der Waals surface area (Å²) in [6.45, 7) is 4.78. The number of nitrogens with zero attached hydrogens (tertiary/aromatic N) is 1. The van der Waals surface area contributed by atoms with Crippen molar-refractivity contribution in [2.45, 2.75) is 206 Å². The third kappa shape index (κ3) is 39.0. The number of hydrogen-bond acceptors (Lipinski definition) is 5. The molecule has 9 heteroatoms. The molecule has 0 aromatic heterocycles. The van der Waals surface area contributed by atoms with Crippen LogP contribution >= 0.6 is 7.82 Å². The number of quaternary nitrogens is 1. The second-order valence-electron chi connectivity index (χ2n) is 16.4. The molecule has 0 radical (unpaired) electrons. The molecule has 0 bridgehead atoms. The molecule has 0 aliphatic heterocycles. The molecule has 0 heterocycles. The summed E-state index contributed by atoms with van der Waals surface area (Å²) in [6, 6.07) is -0.865. The van der Waals surface area contributed by atoms with Crippen LogP contribution in [0.4, 0.5) is 0 Å². The van der Waals surface area contributed by atoms with Gasteiger partial charge in [-0.05, 0) is 57.8 Å². The van der Waals surface area contributed by atoms with E-state index in [1.54, 1.807) is 6.08 Å². The Bertz CT molecular complexity index is 980. The van der Waals surface area contributed by atoms with Crippen molar-refractivity contribution in [3.8, 4) is 0 Å². The molecular weight excluding hydrogens is 695 g/mol. The number of phosphoric ester groups is 1. The molecule has 8 nitrogen and oxygen atoms in total. The minimum atomic E-state index is -4.34. The highest BCUT2D eigenvalue weighted by Gasteiger charge is 2.27. The maximum absolute atomic E-state index is 12.9. The maximum Gasteiger partial charge on any atom is 0.472 e. The van der Waals surface area contributed by atoms with Gasteiger partial charge in [0.05, 0.1) is 39.9 Å². The van der Waals surface area contributed by atoms with Gasteiger partial charge in [0, 0.05) is 6.42 Å². The standard InChI is InChI=1S/C45H87N2O6P/c1-6-8-10-12-14-16-18-20-22-24-26-28-30-32-34-36-38-44(48)43(42-53-54(50,51)52-41-40-47(3,4)5)46-45(49)39-37-35-33-31-29-27-25-23-21-19-17-15-13-11-9-7-2/h23,25,28,30,36,38,43-44,48H,6-22,24,26-27,29,31-35,37,39-42H2,1-5H3,(H-,46,49,50,51)/p+1/b25-23-,30-28+,38-36+. The van der Waals surface area contributed by atoms with Gasteiger partial charge in [0.25, 0.3) is 0 Å². The molecule has 3 N–H and O–H groups in total. The van der Waals surface area contributed by atoms with Crippen LogP contribution in [0.2, 0.25) is 0 Å². The Morgan fingerprint density at radius 3 is 1.48 bits per heavy atom. The lowest BCUT2D eigenvalue weighted by Crippen LogP contribution is -2.45. The number of likely N-dealkylation sites (N-methyl/N-ethyl adjacent to an activating group) is 1. The number of rotatable bonds is 40. The average molecular weight is 784 g/mol. The van der Waals surface area contributed by atoms with Crippen molar-refractivity contribution in [3.63, 3.8) is 0 Å². The van der Waals surface area contributed by atoms with Crippen LogP contribution in [0.1, 0.15) is 194 Å². The van der Waals surface area contributed by atoms with E-state index in [1.807, 2.05) is 27.2 Å². The molecule has 0 aliphatic carbocycles. The highest BCUT2D eigenvalue weighted by atomic mass is 31.2. The second kappa shape index (κ2) is 37.3. The minimum absolute atomic E-state index is 0.0546. The normalized spacial score (nSPS) is 14.7. The Hall–Kier alpha value is -1.28. The van der Waals surface area contributed by atoms with E-state index in [4.69, 9.17) is 9.05 Å². The summed E-state index contributed by atoms with van der Waals surface area (Å²) in [6.07, 6.45) is 45.0. The molecule has 54 heavy (non-hydrogen) atoms. The summed E-state index contributed by atoms with van der Waals surface area (Å²) in [4.78, 5) is 23.1. The first-order valence-electron chi connectivity index (χ1n) is 22.4. The number of unbranched alkanes of at least 4 members (excludes halogenated alkanes) is 23. The van der Waals surface area contributed by atoms with Gasteiger partial charge in [0.2, 0.25) is 5.91 Å². The van der Waals surface area contributed by atoms with Gasteiger partial charge in [0.15, 0.2) is 0 Å². The summed E-state index contributed by atoms with van der Waals surface area (Å²) >= 11 is 0. The van der Waals surface area contributed by atoms with Gasteiger partial charge in [-0.2, -0.15) is 0 Å². The van der Waals surface area contributed by atoms with Crippen molar-refractivity contribution in [1.29, 1.82) is 0 Å². The summed E-state index contributed by atoms with van der Waals surface area (Å²) in [5.74, 6) is -0.196. The fourth-order valence-corrected chi connectivity index (χ4v) is 6.96. The SMILES string of the molecule is CCCCCCCCC/C=C\CCCCCCCC(=O)NC(COP(=O)(O)OCC[N+](C)(C)C)C(O)/C=C/CC/C=C/CCCCCCCCCCCC. The fraction of sp³-hybridized carbons (Fsp3) is 0.844. The van der Waals surface area contributed by atoms with Crippen molar-refractivity contribution in [3.05, 3.63) is 36.5 Å². The van der Waals surface area contributed by atoms with Gasteiger partial charge < -0.3 is 19.8 Å². The lowest BCUT2D eigenvalue weighted by Gasteiger charge is -2.25. The van der Waals surface area contributed by atoms with Crippen LogP contribution in [0.3, 0.4) is 0 Å². The van der Waals surface area contributed by atoms with Crippen molar-refractivity contribution in [1.82, 2.24) is 5.32 Å². The average Bonchev–Trinajstić information content (AvgIpc) is 3.12. The zero-order valence-corrected chi connectivity index (χ0v) is 36.9. The van der Waals surface area contributed by atoms with Gasteiger partial charge in [-0.25, -0.2) is 4.57 Å². The molecule has 0 saturated carbocycles. The third-order valence-electron chi connectivity index (χ3n) is 9.83. The number of carbonyl (C=O) groups excluding carboxylic acids is 1. The number of aliphatic hydroxyl groups excluding tert-OH is 1. The van der Waals surface area contributed by atoms with Crippen LogP contribution in [0.5, 0.6) is 0 Å². The Labute approximate surface area is 334 Å². The lowest BCUT2D eigenvalue weighted by atomic mass is 10.1. The summed E-state index contributed by atoms with van der Waals surface area (Å²) in [5.41, 5.74) is 0. The molecule has 1 amide bonds. The van der Waals surface area contributed by atoms with Crippen LogP contribution in [0.15, 0.2) is 36.5 Å². The molecule has 0 aromatic carbocycles. The van der Waals surface area contributed by atoms with Gasteiger partial charge in [0.1, 0.15) is 13.2 Å². The van der Waals surface area contributed by atoms with E-state index in [9.17, 15) is 19.4 Å². The van der Waals surface area contributed by atoms with Crippen molar-refractivity contribution in [2.75, 3.05) is 40.9 Å². The fourth-order valence-electron chi connectivity index (χ4n) is 6.23. The van der Waals surface area contributed by atoms with E-state index in [1.165, 1.54) is 122 Å². The molecule has 3 atom stereocenters. The number of amides is 1. The Kier molecular flexibility index (Phi) is 36.4. The van der Waals surface area contributed by atoms with Crippen LogP contribution in [-0.2, 0) is 18.4 Å². The Balaban J connectivity index is 4.49. The van der Waals surface area contributed by atoms with Crippen LogP contribution < -0.4 is 5.32 Å². The molecular formula is C45H88N2O6P+. The maximum atomic E-state index is 12.9. The van der Waals surface area contributed by atoms with Gasteiger partial charge >= 0.3 is 7.82 Å².